The van der Waals surface area contributed by atoms with Gasteiger partial charge in [0.25, 0.3) is 10.0 Å². The van der Waals surface area contributed by atoms with Crippen molar-refractivity contribution in [2.24, 2.45) is 0 Å². The lowest BCUT2D eigenvalue weighted by atomic mass is 10.3. The van der Waals surface area contributed by atoms with Crippen molar-refractivity contribution in [3.05, 3.63) is 61.2 Å². The van der Waals surface area contributed by atoms with Crippen LogP contribution in [0.3, 0.4) is 0 Å². The zero-order valence-corrected chi connectivity index (χ0v) is 14.6. The average Bonchev–Trinajstić information content (AvgIpc) is 2.60. The minimum absolute atomic E-state index is 0.157. The van der Waals surface area contributed by atoms with Gasteiger partial charge in [0.05, 0.1) is 30.8 Å². The largest absolute Gasteiger partial charge is 0.497 e. The Morgan fingerprint density at radius 1 is 1.12 bits per heavy atom. The topological polar surface area (TPSA) is 55.8 Å². The van der Waals surface area contributed by atoms with Gasteiger partial charge in [-0.25, -0.2) is 8.42 Å². The summed E-state index contributed by atoms with van der Waals surface area (Å²) in [4.78, 5) is 0.187. The standard InChI is InChI=1S/C18H21NO4S/c1-4-13-19(15-7-6-8-17(14-15)23-5-2)24(20,21)18-11-9-16(22-3)10-12-18/h4,6-12,14H,1,5,13H2,2-3H3. The third-order valence-electron chi connectivity index (χ3n) is 3.36. The van der Waals surface area contributed by atoms with Crippen LogP contribution in [-0.4, -0.2) is 28.7 Å². The second kappa shape index (κ2) is 7.88. The predicted octanol–water partition coefficient (Wildman–Crippen LogP) is 3.48. The van der Waals surface area contributed by atoms with Crippen LogP contribution in [0.2, 0.25) is 0 Å². The lowest BCUT2D eigenvalue weighted by molar-refractivity contribution is 0.340. The fraction of sp³-hybridized carbons (Fsp3) is 0.222. The van der Waals surface area contributed by atoms with E-state index in [-0.39, 0.29) is 11.4 Å². The number of hydrogen-bond acceptors (Lipinski definition) is 4. The van der Waals surface area contributed by atoms with Crippen LogP contribution in [0.25, 0.3) is 0 Å². The van der Waals surface area contributed by atoms with Gasteiger partial charge in [-0.05, 0) is 43.3 Å². The monoisotopic (exact) mass is 347 g/mol. The average molecular weight is 347 g/mol. The lowest BCUT2D eigenvalue weighted by Crippen LogP contribution is -2.31. The number of benzene rings is 2. The van der Waals surface area contributed by atoms with E-state index in [0.29, 0.717) is 23.8 Å². The van der Waals surface area contributed by atoms with Crippen LogP contribution in [-0.2, 0) is 10.0 Å². The number of hydrogen-bond donors (Lipinski definition) is 0. The Kier molecular flexibility index (Phi) is 5.87. The van der Waals surface area contributed by atoms with E-state index in [2.05, 4.69) is 6.58 Å². The molecule has 0 atom stereocenters. The molecule has 0 unspecified atom stereocenters. The minimum atomic E-state index is -3.72. The number of anilines is 1. The molecule has 2 aromatic carbocycles. The van der Waals surface area contributed by atoms with Gasteiger partial charge in [-0.15, -0.1) is 6.58 Å². The second-order valence-electron chi connectivity index (χ2n) is 4.93. The van der Waals surface area contributed by atoms with Crippen LogP contribution in [0.4, 0.5) is 5.69 Å². The van der Waals surface area contributed by atoms with Crippen molar-refractivity contribution in [1.82, 2.24) is 0 Å². The number of sulfonamides is 1. The summed E-state index contributed by atoms with van der Waals surface area (Å²) in [6.07, 6.45) is 1.55. The molecule has 0 saturated carbocycles. The van der Waals surface area contributed by atoms with E-state index in [4.69, 9.17) is 9.47 Å². The molecule has 2 aromatic rings. The molecular formula is C18H21NO4S. The molecule has 0 saturated heterocycles. The Morgan fingerprint density at radius 2 is 1.83 bits per heavy atom. The fourth-order valence-electron chi connectivity index (χ4n) is 2.23. The highest BCUT2D eigenvalue weighted by Crippen LogP contribution is 2.27. The zero-order valence-electron chi connectivity index (χ0n) is 13.8. The summed E-state index contributed by atoms with van der Waals surface area (Å²) in [5, 5.41) is 0. The van der Waals surface area contributed by atoms with Crippen LogP contribution in [0, 0.1) is 0 Å². The Balaban J connectivity index is 2.44. The van der Waals surface area contributed by atoms with Gasteiger partial charge in [-0.2, -0.15) is 0 Å². The van der Waals surface area contributed by atoms with Crippen LogP contribution >= 0.6 is 0 Å². The quantitative estimate of drug-likeness (QED) is 0.686. The van der Waals surface area contributed by atoms with E-state index in [1.165, 1.54) is 23.5 Å². The van der Waals surface area contributed by atoms with Gasteiger partial charge in [0, 0.05) is 6.07 Å². The highest BCUT2D eigenvalue weighted by atomic mass is 32.2. The minimum Gasteiger partial charge on any atom is -0.497 e. The predicted molar refractivity (Wildman–Crippen MR) is 95.3 cm³/mol. The molecule has 0 aliphatic heterocycles. The van der Waals surface area contributed by atoms with E-state index < -0.39 is 10.0 Å². The third-order valence-corrected chi connectivity index (χ3v) is 5.17. The Hall–Kier alpha value is -2.47. The van der Waals surface area contributed by atoms with Crippen molar-refractivity contribution >= 4 is 15.7 Å². The third kappa shape index (κ3) is 3.89. The number of nitrogens with zero attached hydrogens (tertiary/aromatic N) is 1. The summed E-state index contributed by atoms with van der Waals surface area (Å²) in [7, 11) is -2.19. The van der Waals surface area contributed by atoms with Crippen LogP contribution < -0.4 is 13.8 Å². The molecule has 0 spiro atoms. The summed E-state index contributed by atoms with van der Waals surface area (Å²) in [5.41, 5.74) is 0.525. The first kappa shape index (κ1) is 17.9. The molecule has 2 rings (SSSR count). The van der Waals surface area contributed by atoms with Crippen molar-refractivity contribution in [3.8, 4) is 11.5 Å². The molecule has 0 aliphatic carbocycles. The summed E-state index contributed by atoms with van der Waals surface area (Å²) < 4.78 is 37.8. The van der Waals surface area contributed by atoms with Crippen LogP contribution in [0.15, 0.2) is 66.1 Å². The number of methoxy groups -OCH3 is 1. The van der Waals surface area contributed by atoms with Crippen molar-refractivity contribution in [2.75, 3.05) is 24.6 Å². The summed E-state index contributed by atoms with van der Waals surface area (Å²) >= 11 is 0. The van der Waals surface area contributed by atoms with Crippen molar-refractivity contribution in [3.63, 3.8) is 0 Å². The fourth-order valence-corrected chi connectivity index (χ4v) is 3.66. The van der Waals surface area contributed by atoms with Crippen LogP contribution in [0.5, 0.6) is 11.5 Å². The molecule has 5 nitrogen and oxygen atoms in total. The first-order chi connectivity index (χ1) is 11.5. The smallest absolute Gasteiger partial charge is 0.264 e. The van der Waals surface area contributed by atoms with Crippen LogP contribution in [0.1, 0.15) is 6.92 Å². The maximum absolute atomic E-state index is 13.0. The molecule has 0 aliphatic rings. The Bertz CT molecular complexity index is 785. The highest BCUT2D eigenvalue weighted by Gasteiger charge is 2.24. The SMILES string of the molecule is C=CCN(c1cccc(OCC)c1)S(=O)(=O)c1ccc(OC)cc1. The second-order valence-corrected chi connectivity index (χ2v) is 6.79. The first-order valence-electron chi connectivity index (χ1n) is 7.53. The summed E-state index contributed by atoms with van der Waals surface area (Å²) in [6, 6.07) is 13.3. The van der Waals surface area contributed by atoms with Gasteiger partial charge >= 0.3 is 0 Å². The molecule has 0 radical (unpaired) electrons. The van der Waals surface area contributed by atoms with Gasteiger partial charge in [0.2, 0.25) is 0 Å². The lowest BCUT2D eigenvalue weighted by Gasteiger charge is -2.23. The van der Waals surface area contributed by atoms with Crippen molar-refractivity contribution in [2.45, 2.75) is 11.8 Å². The first-order valence-corrected chi connectivity index (χ1v) is 8.97. The van der Waals surface area contributed by atoms with Gasteiger partial charge in [-0.3, -0.25) is 4.31 Å². The molecule has 128 valence electrons. The highest BCUT2D eigenvalue weighted by molar-refractivity contribution is 7.92. The van der Waals surface area contributed by atoms with Gasteiger partial charge in [0.1, 0.15) is 11.5 Å². The maximum Gasteiger partial charge on any atom is 0.264 e. The molecule has 0 amide bonds. The van der Waals surface area contributed by atoms with E-state index >= 15 is 0 Å². The van der Waals surface area contributed by atoms with Crippen molar-refractivity contribution < 1.29 is 17.9 Å². The van der Waals surface area contributed by atoms with Crippen molar-refractivity contribution in [1.29, 1.82) is 0 Å². The van der Waals surface area contributed by atoms with E-state index in [9.17, 15) is 8.42 Å². The Morgan fingerprint density at radius 3 is 2.42 bits per heavy atom. The van der Waals surface area contributed by atoms with E-state index in [0.717, 1.165) is 0 Å². The molecule has 0 aromatic heterocycles. The number of ether oxygens (including phenoxy) is 2. The molecule has 0 N–H and O–H groups in total. The van der Waals surface area contributed by atoms with E-state index in [1.54, 1.807) is 42.5 Å². The maximum atomic E-state index is 13.0. The van der Waals surface area contributed by atoms with E-state index in [1.807, 2.05) is 6.92 Å². The molecule has 6 heteroatoms. The van der Waals surface area contributed by atoms with Gasteiger partial charge < -0.3 is 9.47 Å². The number of rotatable bonds is 8. The van der Waals surface area contributed by atoms with Gasteiger partial charge in [0.15, 0.2) is 0 Å². The summed E-state index contributed by atoms with van der Waals surface area (Å²) in [5.74, 6) is 1.22. The van der Waals surface area contributed by atoms with Gasteiger partial charge in [-0.1, -0.05) is 12.1 Å². The zero-order chi connectivity index (χ0) is 17.6. The molecule has 0 bridgehead atoms. The summed E-state index contributed by atoms with van der Waals surface area (Å²) in [6.45, 7) is 6.21. The molecule has 0 fully saturated rings. The molecular weight excluding hydrogens is 326 g/mol. The normalized spacial score (nSPS) is 10.9. The molecule has 0 heterocycles. The Labute approximate surface area is 143 Å². The molecule has 24 heavy (non-hydrogen) atoms.